The van der Waals surface area contributed by atoms with Crippen LogP contribution < -0.4 is 5.32 Å². The molecule has 2 heterocycles. The number of benzene rings is 2. The quantitative estimate of drug-likeness (QED) is 0.702. The number of carbonyl (C=O) groups excluding carboxylic acids is 1. The third kappa shape index (κ3) is 4.59. The Hall–Kier alpha value is -3.28. The predicted octanol–water partition coefficient (Wildman–Crippen LogP) is 4.69. The second kappa shape index (κ2) is 8.39. The normalized spacial score (nSPS) is 16.5. The first-order chi connectivity index (χ1) is 14.1. The smallest absolute Gasteiger partial charge is 0.253 e. The van der Waals surface area contributed by atoms with Crippen LogP contribution in [0.25, 0.3) is 0 Å². The molecule has 1 N–H and O–H groups in total. The van der Waals surface area contributed by atoms with Crippen LogP contribution in [-0.4, -0.2) is 33.9 Å². The summed E-state index contributed by atoms with van der Waals surface area (Å²) in [7, 11) is 0. The number of nitrogens with zero attached hydrogens (tertiary/aromatic N) is 3. The topological polar surface area (TPSA) is 58.1 Å². The van der Waals surface area contributed by atoms with E-state index in [-0.39, 0.29) is 17.6 Å². The molecule has 1 aliphatic heterocycles. The van der Waals surface area contributed by atoms with Crippen LogP contribution in [0.4, 0.5) is 16.0 Å². The van der Waals surface area contributed by atoms with E-state index in [1.807, 2.05) is 42.2 Å². The van der Waals surface area contributed by atoms with Crippen molar-refractivity contribution in [1.82, 2.24) is 14.9 Å². The summed E-state index contributed by atoms with van der Waals surface area (Å²) in [6, 6.07) is 15.8. The second-order valence-electron chi connectivity index (χ2n) is 7.40. The van der Waals surface area contributed by atoms with Gasteiger partial charge in [0.05, 0.1) is 5.69 Å². The van der Waals surface area contributed by atoms with Crippen LogP contribution in [0.15, 0.2) is 60.8 Å². The zero-order valence-corrected chi connectivity index (χ0v) is 16.3. The largest absolute Gasteiger partial charge is 0.338 e. The number of anilines is 2. The molecule has 5 nitrogen and oxygen atoms in total. The lowest BCUT2D eigenvalue weighted by atomic mass is 9.94. The molecule has 4 rings (SSSR count). The molecule has 148 valence electrons. The van der Waals surface area contributed by atoms with E-state index in [1.54, 1.807) is 18.3 Å². The fourth-order valence-corrected chi connectivity index (χ4v) is 3.64. The molecular weight excluding hydrogens is 367 g/mol. The molecule has 1 aliphatic rings. The van der Waals surface area contributed by atoms with Gasteiger partial charge in [-0.25, -0.2) is 14.4 Å². The summed E-state index contributed by atoms with van der Waals surface area (Å²) in [6.45, 7) is 3.39. The average Bonchev–Trinajstić information content (AvgIpc) is 2.74. The van der Waals surface area contributed by atoms with Gasteiger partial charge in [-0.2, -0.15) is 0 Å². The lowest BCUT2D eigenvalue weighted by molar-refractivity contribution is 0.0706. The number of rotatable bonds is 4. The number of aryl methyl sites for hydroxylation is 1. The molecule has 0 saturated carbocycles. The van der Waals surface area contributed by atoms with Gasteiger partial charge in [0.1, 0.15) is 5.82 Å². The van der Waals surface area contributed by atoms with Crippen LogP contribution in [-0.2, 0) is 0 Å². The van der Waals surface area contributed by atoms with Crippen LogP contribution in [0, 0.1) is 12.7 Å². The molecule has 0 aliphatic carbocycles. The van der Waals surface area contributed by atoms with Crippen molar-refractivity contribution < 1.29 is 9.18 Å². The summed E-state index contributed by atoms with van der Waals surface area (Å²) < 4.78 is 13.4. The van der Waals surface area contributed by atoms with Crippen molar-refractivity contribution in [3.8, 4) is 0 Å². The molecule has 1 saturated heterocycles. The molecule has 1 amide bonds. The Labute approximate surface area is 169 Å². The molecule has 3 aromatic rings. The molecule has 1 atom stereocenters. The summed E-state index contributed by atoms with van der Waals surface area (Å²) in [6.07, 6.45) is 3.59. The Morgan fingerprint density at radius 2 is 2.00 bits per heavy atom. The Bertz CT molecular complexity index is 1010. The number of nitrogens with one attached hydrogen (secondary N) is 1. The fourth-order valence-electron chi connectivity index (χ4n) is 3.64. The number of hydrogen-bond acceptors (Lipinski definition) is 4. The third-order valence-electron chi connectivity index (χ3n) is 5.18. The van der Waals surface area contributed by atoms with Gasteiger partial charge in [0.2, 0.25) is 5.95 Å². The van der Waals surface area contributed by atoms with E-state index in [9.17, 15) is 9.18 Å². The summed E-state index contributed by atoms with van der Waals surface area (Å²) in [5.74, 6) is 0.315. The summed E-state index contributed by atoms with van der Waals surface area (Å²) >= 11 is 0. The molecule has 6 heteroatoms. The standard InChI is InChI=1S/C23H23FN4O/c1-16-7-9-17(10-8-16)22(29)28-13-3-4-18(15-28)21-11-12-25-23(27-21)26-20-6-2-5-19(24)14-20/h2,5-12,14,18H,3-4,13,15H2,1H3,(H,25,26,27)/t18-/m0/s1. The predicted molar refractivity (Wildman–Crippen MR) is 111 cm³/mol. The molecule has 2 aromatic carbocycles. The Balaban J connectivity index is 1.48. The average molecular weight is 390 g/mol. The lowest BCUT2D eigenvalue weighted by Gasteiger charge is -2.32. The number of amides is 1. The van der Waals surface area contributed by atoms with Gasteiger partial charge in [-0.1, -0.05) is 23.8 Å². The minimum absolute atomic E-state index is 0.0573. The molecule has 0 bridgehead atoms. The van der Waals surface area contributed by atoms with Gasteiger partial charge in [-0.3, -0.25) is 4.79 Å². The van der Waals surface area contributed by atoms with Crippen LogP contribution in [0.2, 0.25) is 0 Å². The highest BCUT2D eigenvalue weighted by Gasteiger charge is 2.26. The fraction of sp³-hybridized carbons (Fsp3) is 0.261. The number of likely N-dealkylation sites (tertiary alicyclic amines) is 1. The summed E-state index contributed by atoms with van der Waals surface area (Å²) in [4.78, 5) is 23.6. The molecule has 1 fully saturated rings. The van der Waals surface area contributed by atoms with Crippen molar-refractivity contribution in [1.29, 1.82) is 0 Å². The molecular formula is C23H23FN4O. The van der Waals surface area contributed by atoms with Gasteiger partial charge in [0.15, 0.2) is 0 Å². The van der Waals surface area contributed by atoms with E-state index in [1.165, 1.54) is 12.1 Å². The summed E-state index contributed by atoms with van der Waals surface area (Å²) in [5.41, 5.74) is 3.34. The minimum atomic E-state index is -0.316. The van der Waals surface area contributed by atoms with Crippen LogP contribution >= 0.6 is 0 Å². The number of halogens is 1. The highest BCUT2D eigenvalue weighted by atomic mass is 19.1. The van der Waals surface area contributed by atoms with E-state index in [4.69, 9.17) is 0 Å². The van der Waals surface area contributed by atoms with Crippen molar-refractivity contribution in [2.45, 2.75) is 25.7 Å². The van der Waals surface area contributed by atoms with Crippen molar-refractivity contribution in [2.24, 2.45) is 0 Å². The number of piperidine rings is 1. The zero-order valence-electron chi connectivity index (χ0n) is 16.3. The molecule has 0 unspecified atom stereocenters. The van der Waals surface area contributed by atoms with Crippen molar-refractivity contribution in [3.63, 3.8) is 0 Å². The van der Waals surface area contributed by atoms with E-state index in [2.05, 4.69) is 15.3 Å². The first-order valence-electron chi connectivity index (χ1n) is 9.80. The van der Waals surface area contributed by atoms with Crippen molar-refractivity contribution in [3.05, 3.63) is 83.4 Å². The van der Waals surface area contributed by atoms with E-state index >= 15 is 0 Å². The Kier molecular flexibility index (Phi) is 5.51. The zero-order chi connectivity index (χ0) is 20.2. The molecule has 0 spiro atoms. The van der Waals surface area contributed by atoms with Gasteiger partial charge >= 0.3 is 0 Å². The highest BCUT2D eigenvalue weighted by molar-refractivity contribution is 5.94. The first-order valence-corrected chi connectivity index (χ1v) is 9.80. The highest BCUT2D eigenvalue weighted by Crippen LogP contribution is 2.27. The van der Waals surface area contributed by atoms with Gasteiger partial charge in [-0.15, -0.1) is 0 Å². The van der Waals surface area contributed by atoms with E-state index < -0.39 is 0 Å². The molecule has 1 aromatic heterocycles. The SMILES string of the molecule is Cc1ccc(C(=O)N2CCC[C@H](c3ccnc(Nc4cccc(F)c4)n3)C2)cc1. The van der Waals surface area contributed by atoms with Gasteiger partial charge in [0, 0.05) is 36.5 Å². The minimum Gasteiger partial charge on any atom is -0.338 e. The van der Waals surface area contributed by atoms with Gasteiger partial charge < -0.3 is 10.2 Å². The lowest BCUT2D eigenvalue weighted by Crippen LogP contribution is -2.39. The number of hydrogen-bond donors (Lipinski definition) is 1. The summed E-state index contributed by atoms with van der Waals surface area (Å²) in [5, 5.41) is 3.05. The number of carbonyl (C=O) groups is 1. The monoisotopic (exact) mass is 390 g/mol. The van der Waals surface area contributed by atoms with Crippen molar-refractivity contribution in [2.75, 3.05) is 18.4 Å². The maximum absolute atomic E-state index is 13.4. The maximum atomic E-state index is 13.4. The van der Waals surface area contributed by atoms with E-state index in [0.717, 1.165) is 30.6 Å². The van der Waals surface area contributed by atoms with Crippen LogP contribution in [0.5, 0.6) is 0 Å². The maximum Gasteiger partial charge on any atom is 0.253 e. The molecule has 0 radical (unpaired) electrons. The van der Waals surface area contributed by atoms with Crippen LogP contribution in [0.3, 0.4) is 0 Å². The first kappa shape index (κ1) is 19.1. The third-order valence-corrected chi connectivity index (χ3v) is 5.18. The van der Waals surface area contributed by atoms with Crippen molar-refractivity contribution >= 4 is 17.5 Å². The van der Waals surface area contributed by atoms with Crippen LogP contribution in [0.1, 0.15) is 40.4 Å². The van der Waals surface area contributed by atoms with Gasteiger partial charge in [0.25, 0.3) is 5.91 Å². The Morgan fingerprint density at radius 1 is 1.17 bits per heavy atom. The molecule has 29 heavy (non-hydrogen) atoms. The Morgan fingerprint density at radius 3 is 2.79 bits per heavy atom. The number of aromatic nitrogens is 2. The van der Waals surface area contributed by atoms with Gasteiger partial charge in [-0.05, 0) is 56.2 Å². The van der Waals surface area contributed by atoms with E-state index in [0.29, 0.717) is 23.7 Å². The second-order valence-corrected chi connectivity index (χ2v) is 7.40.